The van der Waals surface area contributed by atoms with Crippen molar-refractivity contribution in [3.63, 3.8) is 0 Å². The van der Waals surface area contributed by atoms with Gasteiger partial charge >= 0.3 is 0 Å². The third-order valence-electron chi connectivity index (χ3n) is 2.24. The van der Waals surface area contributed by atoms with E-state index in [9.17, 15) is 9.90 Å². The molecular formula is C11H9NO2S2. The van der Waals surface area contributed by atoms with Crippen molar-refractivity contribution < 1.29 is 9.90 Å². The zero-order valence-corrected chi connectivity index (χ0v) is 10.1. The quantitative estimate of drug-likeness (QED) is 0.594. The number of carbonyl (C=O) groups excluding carboxylic acids is 1. The Kier molecular flexibility index (Phi) is 2.98. The monoisotopic (exact) mass is 251 g/mol. The van der Waals surface area contributed by atoms with Crippen LogP contribution in [0, 0.1) is 0 Å². The Bertz CT molecular complexity index is 508. The zero-order chi connectivity index (χ0) is 11.7. The molecule has 0 saturated carbocycles. The van der Waals surface area contributed by atoms with Gasteiger partial charge in [0.15, 0.2) is 0 Å². The van der Waals surface area contributed by atoms with E-state index >= 15 is 0 Å². The number of aromatic hydroxyl groups is 1. The van der Waals surface area contributed by atoms with Crippen LogP contribution < -0.4 is 5.32 Å². The second kappa shape index (κ2) is 4.27. The van der Waals surface area contributed by atoms with Crippen LogP contribution in [-0.2, 0) is 4.79 Å². The summed E-state index contributed by atoms with van der Waals surface area (Å²) < 4.78 is 0.472. The standard InChI is InChI=1S/C11H9NO2S2/c1-6(7-3-2-4-8(13)5-7)9-10(14)12-11(15)16-9/h2-5,13H,1H3,(H,12,14,15). The van der Waals surface area contributed by atoms with Gasteiger partial charge in [-0.3, -0.25) is 4.79 Å². The lowest BCUT2D eigenvalue weighted by Crippen LogP contribution is -2.18. The molecule has 0 bridgehead atoms. The smallest absolute Gasteiger partial charge is 0.263 e. The molecule has 1 fully saturated rings. The number of carbonyl (C=O) groups is 1. The van der Waals surface area contributed by atoms with Gasteiger partial charge in [0.05, 0.1) is 4.91 Å². The summed E-state index contributed by atoms with van der Waals surface area (Å²) in [6, 6.07) is 6.80. The van der Waals surface area contributed by atoms with Gasteiger partial charge in [-0.05, 0) is 30.2 Å². The predicted octanol–water partition coefficient (Wildman–Crippen LogP) is 2.27. The van der Waals surface area contributed by atoms with Gasteiger partial charge in [-0.1, -0.05) is 36.1 Å². The van der Waals surface area contributed by atoms with Gasteiger partial charge in [0.2, 0.25) is 0 Å². The highest BCUT2D eigenvalue weighted by Crippen LogP contribution is 2.32. The summed E-state index contributed by atoms with van der Waals surface area (Å²) in [5.41, 5.74) is 1.64. The Morgan fingerprint density at radius 2 is 2.25 bits per heavy atom. The average Bonchev–Trinajstić information content (AvgIpc) is 2.57. The Morgan fingerprint density at radius 1 is 1.50 bits per heavy atom. The number of nitrogens with one attached hydrogen (secondary N) is 1. The van der Waals surface area contributed by atoms with Gasteiger partial charge in [0.25, 0.3) is 5.91 Å². The Labute approximate surface area is 103 Å². The third-order valence-corrected chi connectivity index (χ3v) is 3.57. The molecule has 1 amide bonds. The number of benzene rings is 1. The van der Waals surface area contributed by atoms with Crippen LogP contribution in [0.5, 0.6) is 5.75 Å². The molecule has 1 aliphatic heterocycles. The fourth-order valence-corrected chi connectivity index (χ4v) is 2.52. The Morgan fingerprint density at radius 3 is 2.81 bits per heavy atom. The average molecular weight is 251 g/mol. The third kappa shape index (κ3) is 2.10. The van der Waals surface area contributed by atoms with E-state index in [1.54, 1.807) is 18.2 Å². The van der Waals surface area contributed by atoms with Gasteiger partial charge in [0, 0.05) is 0 Å². The lowest BCUT2D eigenvalue weighted by molar-refractivity contribution is -0.115. The second-order valence-corrected chi connectivity index (χ2v) is 5.04. The number of amides is 1. The summed E-state index contributed by atoms with van der Waals surface area (Å²) >= 11 is 6.17. The molecule has 0 aromatic heterocycles. The minimum atomic E-state index is -0.171. The first kappa shape index (κ1) is 11.2. The molecule has 3 nitrogen and oxygen atoms in total. The number of allylic oxidation sites excluding steroid dienone is 1. The van der Waals surface area contributed by atoms with Crippen molar-refractivity contribution in [2.45, 2.75) is 6.92 Å². The number of rotatable bonds is 1. The van der Waals surface area contributed by atoms with Crippen LogP contribution in [-0.4, -0.2) is 15.3 Å². The highest BCUT2D eigenvalue weighted by molar-refractivity contribution is 8.26. The normalized spacial score (nSPS) is 18.6. The van der Waals surface area contributed by atoms with Crippen molar-refractivity contribution in [1.29, 1.82) is 0 Å². The lowest BCUT2D eigenvalue weighted by atomic mass is 10.1. The first-order valence-corrected chi connectivity index (χ1v) is 5.84. The van der Waals surface area contributed by atoms with E-state index in [-0.39, 0.29) is 11.7 Å². The van der Waals surface area contributed by atoms with Crippen LogP contribution in [0.15, 0.2) is 29.2 Å². The molecule has 0 radical (unpaired) electrons. The minimum Gasteiger partial charge on any atom is -0.508 e. The van der Waals surface area contributed by atoms with Gasteiger partial charge in [-0.25, -0.2) is 0 Å². The van der Waals surface area contributed by atoms with E-state index < -0.39 is 0 Å². The van der Waals surface area contributed by atoms with Crippen LogP contribution in [0.1, 0.15) is 12.5 Å². The van der Waals surface area contributed by atoms with E-state index in [0.717, 1.165) is 11.1 Å². The van der Waals surface area contributed by atoms with Crippen molar-refractivity contribution in [3.05, 3.63) is 34.7 Å². The molecule has 1 saturated heterocycles. The molecule has 1 heterocycles. The molecule has 0 spiro atoms. The van der Waals surface area contributed by atoms with Gasteiger partial charge in [0.1, 0.15) is 10.1 Å². The number of thioether (sulfide) groups is 1. The summed E-state index contributed by atoms with van der Waals surface area (Å²) in [6.07, 6.45) is 0. The molecule has 16 heavy (non-hydrogen) atoms. The Hall–Kier alpha value is -1.33. The fourth-order valence-electron chi connectivity index (χ4n) is 1.43. The number of hydrogen-bond donors (Lipinski definition) is 2. The summed E-state index contributed by atoms with van der Waals surface area (Å²) in [6.45, 7) is 1.84. The van der Waals surface area contributed by atoms with Crippen LogP contribution in [0.25, 0.3) is 5.57 Å². The molecule has 82 valence electrons. The summed E-state index contributed by atoms with van der Waals surface area (Å²) in [5, 5.41) is 11.9. The van der Waals surface area contributed by atoms with Crippen LogP contribution in [0.2, 0.25) is 0 Å². The maximum absolute atomic E-state index is 11.5. The highest BCUT2D eigenvalue weighted by atomic mass is 32.2. The van der Waals surface area contributed by atoms with Crippen molar-refractivity contribution in [2.24, 2.45) is 0 Å². The second-order valence-electron chi connectivity index (χ2n) is 3.35. The number of hydrogen-bond acceptors (Lipinski definition) is 4. The van der Waals surface area contributed by atoms with Crippen LogP contribution in [0.4, 0.5) is 0 Å². The molecule has 0 aliphatic carbocycles. The number of phenolic OH excluding ortho intramolecular Hbond substituents is 1. The lowest BCUT2D eigenvalue weighted by Gasteiger charge is -2.04. The largest absolute Gasteiger partial charge is 0.508 e. The molecule has 0 atom stereocenters. The van der Waals surface area contributed by atoms with Crippen molar-refractivity contribution in [3.8, 4) is 5.75 Å². The van der Waals surface area contributed by atoms with Crippen molar-refractivity contribution in [2.75, 3.05) is 0 Å². The van der Waals surface area contributed by atoms with Crippen LogP contribution in [0.3, 0.4) is 0 Å². The van der Waals surface area contributed by atoms with Gasteiger partial charge < -0.3 is 10.4 Å². The molecule has 1 aromatic rings. The molecule has 1 aliphatic rings. The molecule has 2 rings (SSSR count). The topological polar surface area (TPSA) is 49.3 Å². The van der Waals surface area contributed by atoms with Crippen molar-refractivity contribution in [1.82, 2.24) is 5.32 Å². The van der Waals surface area contributed by atoms with Gasteiger partial charge in [-0.2, -0.15) is 0 Å². The van der Waals surface area contributed by atoms with E-state index in [1.165, 1.54) is 11.8 Å². The number of thiocarbonyl (C=S) groups is 1. The fraction of sp³-hybridized carbons (Fsp3) is 0.0909. The number of phenols is 1. The van der Waals surface area contributed by atoms with Crippen LogP contribution >= 0.6 is 24.0 Å². The maximum atomic E-state index is 11.5. The van der Waals surface area contributed by atoms with Crippen molar-refractivity contribution >= 4 is 39.8 Å². The predicted molar refractivity (Wildman–Crippen MR) is 69.0 cm³/mol. The zero-order valence-electron chi connectivity index (χ0n) is 8.48. The Balaban J connectivity index is 2.45. The summed E-state index contributed by atoms with van der Waals surface area (Å²) in [4.78, 5) is 12.1. The molecule has 0 unspecified atom stereocenters. The summed E-state index contributed by atoms with van der Waals surface area (Å²) in [7, 11) is 0. The minimum absolute atomic E-state index is 0.171. The van der Waals surface area contributed by atoms with E-state index in [4.69, 9.17) is 12.2 Å². The molecular weight excluding hydrogens is 242 g/mol. The first-order valence-electron chi connectivity index (χ1n) is 4.61. The molecule has 5 heteroatoms. The maximum Gasteiger partial charge on any atom is 0.263 e. The van der Waals surface area contributed by atoms with Gasteiger partial charge in [-0.15, -0.1) is 0 Å². The molecule has 1 aromatic carbocycles. The van der Waals surface area contributed by atoms with E-state index in [1.807, 2.05) is 13.0 Å². The SMILES string of the molecule is CC(=C1SC(=S)NC1=O)c1cccc(O)c1. The van der Waals surface area contributed by atoms with E-state index in [2.05, 4.69) is 5.32 Å². The molecule has 2 N–H and O–H groups in total. The first-order chi connectivity index (χ1) is 7.58. The van der Waals surface area contributed by atoms with E-state index in [0.29, 0.717) is 9.23 Å². The highest BCUT2D eigenvalue weighted by Gasteiger charge is 2.24. The summed E-state index contributed by atoms with van der Waals surface area (Å²) in [5.74, 6) is 0.0132.